The Kier molecular flexibility index (Phi) is 5.22. The molecule has 0 saturated carbocycles. The van der Waals surface area contributed by atoms with E-state index in [9.17, 15) is 14.7 Å². The van der Waals surface area contributed by atoms with Crippen molar-refractivity contribution in [2.45, 2.75) is 25.9 Å². The Morgan fingerprint density at radius 2 is 2.03 bits per heavy atom. The highest BCUT2D eigenvalue weighted by Crippen LogP contribution is 2.25. The second kappa shape index (κ2) is 7.97. The average Bonchev–Trinajstić information content (AvgIpc) is 3.35. The van der Waals surface area contributed by atoms with Crippen LogP contribution in [0.1, 0.15) is 39.3 Å². The van der Waals surface area contributed by atoms with E-state index < -0.39 is 5.97 Å². The fourth-order valence-corrected chi connectivity index (χ4v) is 3.49. The predicted molar refractivity (Wildman–Crippen MR) is 109 cm³/mol. The number of fused-ring (bicyclic) bond motifs is 1. The molecule has 1 aromatic heterocycles. The predicted octanol–water partition coefficient (Wildman–Crippen LogP) is 3.98. The summed E-state index contributed by atoms with van der Waals surface area (Å²) in [4.78, 5) is 26.7. The van der Waals surface area contributed by atoms with E-state index in [4.69, 9.17) is 9.47 Å². The van der Waals surface area contributed by atoms with Crippen LogP contribution in [0, 0.1) is 6.92 Å². The molecule has 0 spiro atoms. The van der Waals surface area contributed by atoms with Gasteiger partial charge in [0.2, 0.25) is 0 Å². The van der Waals surface area contributed by atoms with Gasteiger partial charge in [0.05, 0.1) is 6.10 Å². The molecule has 0 radical (unpaired) electrons. The largest absolute Gasteiger partial charge is 0.491 e. The van der Waals surface area contributed by atoms with Crippen LogP contribution in [-0.4, -0.2) is 41.3 Å². The number of amides is 1. The third-order valence-corrected chi connectivity index (χ3v) is 5.11. The van der Waals surface area contributed by atoms with E-state index in [1.807, 2.05) is 0 Å². The molecule has 0 bridgehead atoms. The summed E-state index contributed by atoms with van der Waals surface area (Å²) < 4.78 is 11.3. The summed E-state index contributed by atoms with van der Waals surface area (Å²) in [5.74, 6) is -0.560. The van der Waals surface area contributed by atoms with Gasteiger partial charge in [-0.05, 0) is 67.8 Å². The highest BCUT2D eigenvalue weighted by Gasteiger charge is 2.17. The average molecular weight is 394 g/mol. The van der Waals surface area contributed by atoms with Crippen LogP contribution < -0.4 is 10.1 Å². The maximum Gasteiger partial charge on any atom is 0.352 e. The summed E-state index contributed by atoms with van der Waals surface area (Å²) in [5, 5.41) is 12.8. The molecule has 0 aliphatic carbocycles. The number of aromatic amines is 1. The summed E-state index contributed by atoms with van der Waals surface area (Å²) in [6.45, 7) is 3.04. The molecule has 1 amide bonds. The minimum atomic E-state index is -1.01. The van der Waals surface area contributed by atoms with E-state index in [2.05, 4.69) is 10.3 Å². The molecule has 4 rings (SSSR count). The number of hydrogen-bond donors (Lipinski definition) is 3. The van der Waals surface area contributed by atoms with Gasteiger partial charge in [0.25, 0.3) is 5.91 Å². The van der Waals surface area contributed by atoms with Crippen LogP contribution >= 0.6 is 0 Å². The van der Waals surface area contributed by atoms with Gasteiger partial charge in [0, 0.05) is 28.8 Å². The number of ether oxygens (including phenoxy) is 2. The minimum absolute atomic E-state index is 0.145. The van der Waals surface area contributed by atoms with Crippen LogP contribution in [0.5, 0.6) is 5.75 Å². The molecule has 1 aliphatic rings. The van der Waals surface area contributed by atoms with Crippen LogP contribution in [0.4, 0.5) is 5.69 Å². The molecule has 0 unspecified atom stereocenters. The number of carboxylic acids is 1. The number of hydrogen-bond acceptors (Lipinski definition) is 4. The van der Waals surface area contributed by atoms with Gasteiger partial charge in [-0.25, -0.2) is 4.79 Å². The molecule has 2 heterocycles. The van der Waals surface area contributed by atoms with Crippen molar-refractivity contribution in [3.63, 3.8) is 0 Å². The van der Waals surface area contributed by atoms with Gasteiger partial charge in [-0.2, -0.15) is 0 Å². The standard InChI is InChI=1S/C22H22N2O5/c1-13-18-11-15(6-9-19(18)24-20(13)22(26)27)23-21(25)14-4-7-16(8-5-14)29-12-17-3-2-10-28-17/h4-9,11,17,24H,2-3,10,12H2,1H3,(H,23,25)(H,26,27)/t17-/m0/s1. The number of rotatable bonds is 6. The molecular formula is C22H22N2O5. The van der Waals surface area contributed by atoms with Gasteiger partial charge < -0.3 is 24.9 Å². The maximum absolute atomic E-state index is 12.6. The number of carboxylic acid groups (broad SMARTS) is 1. The molecule has 3 aromatic rings. The monoisotopic (exact) mass is 394 g/mol. The Balaban J connectivity index is 1.43. The highest BCUT2D eigenvalue weighted by atomic mass is 16.5. The molecule has 1 aliphatic heterocycles. The molecule has 2 aromatic carbocycles. The smallest absolute Gasteiger partial charge is 0.352 e. The third kappa shape index (κ3) is 4.09. The SMILES string of the molecule is Cc1c(C(=O)O)[nH]c2ccc(NC(=O)c3ccc(OC[C@@H]4CCCO4)cc3)cc12. The number of aryl methyl sites for hydroxylation is 1. The molecule has 3 N–H and O–H groups in total. The zero-order valence-corrected chi connectivity index (χ0v) is 16.0. The second-order valence-corrected chi connectivity index (χ2v) is 7.12. The molecule has 7 heteroatoms. The number of aromatic carboxylic acids is 1. The zero-order chi connectivity index (χ0) is 20.4. The van der Waals surface area contributed by atoms with Crippen molar-refractivity contribution >= 4 is 28.5 Å². The Bertz CT molecular complexity index is 1050. The lowest BCUT2D eigenvalue weighted by Gasteiger charge is -2.12. The van der Waals surface area contributed by atoms with E-state index in [0.29, 0.717) is 34.7 Å². The first kappa shape index (κ1) is 19.0. The van der Waals surface area contributed by atoms with Crippen molar-refractivity contribution in [1.82, 2.24) is 4.98 Å². The second-order valence-electron chi connectivity index (χ2n) is 7.12. The maximum atomic E-state index is 12.6. The Morgan fingerprint density at radius 3 is 2.72 bits per heavy atom. The summed E-state index contributed by atoms with van der Waals surface area (Å²) >= 11 is 0. The summed E-state index contributed by atoms with van der Waals surface area (Å²) in [6.07, 6.45) is 2.23. The van der Waals surface area contributed by atoms with E-state index in [1.54, 1.807) is 49.4 Å². The number of carbonyl (C=O) groups excluding carboxylic acids is 1. The van der Waals surface area contributed by atoms with E-state index in [0.717, 1.165) is 24.8 Å². The third-order valence-electron chi connectivity index (χ3n) is 5.11. The van der Waals surface area contributed by atoms with Crippen molar-refractivity contribution in [3.8, 4) is 5.75 Å². The summed E-state index contributed by atoms with van der Waals surface area (Å²) in [5.41, 5.74) is 2.61. The van der Waals surface area contributed by atoms with Crippen molar-refractivity contribution in [2.24, 2.45) is 0 Å². The topological polar surface area (TPSA) is 101 Å². The highest BCUT2D eigenvalue weighted by molar-refractivity contribution is 6.06. The fraction of sp³-hybridized carbons (Fsp3) is 0.273. The molecule has 29 heavy (non-hydrogen) atoms. The number of anilines is 1. The molecule has 7 nitrogen and oxygen atoms in total. The molecule has 150 valence electrons. The van der Waals surface area contributed by atoms with E-state index >= 15 is 0 Å². The number of carbonyl (C=O) groups is 2. The quantitative estimate of drug-likeness (QED) is 0.587. The Morgan fingerprint density at radius 1 is 1.24 bits per heavy atom. The Hall–Kier alpha value is -3.32. The number of H-pyrrole nitrogens is 1. The first-order valence-electron chi connectivity index (χ1n) is 9.52. The molecular weight excluding hydrogens is 372 g/mol. The van der Waals surface area contributed by atoms with Gasteiger partial charge in [-0.3, -0.25) is 4.79 Å². The van der Waals surface area contributed by atoms with E-state index in [-0.39, 0.29) is 17.7 Å². The summed E-state index contributed by atoms with van der Waals surface area (Å²) in [6, 6.07) is 12.2. The van der Waals surface area contributed by atoms with Crippen molar-refractivity contribution in [2.75, 3.05) is 18.5 Å². The van der Waals surface area contributed by atoms with Crippen LogP contribution in [-0.2, 0) is 4.74 Å². The number of aromatic nitrogens is 1. The van der Waals surface area contributed by atoms with E-state index in [1.165, 1.54) is 0 Å². The number of benzene rings is 2. The van der Waals surface area contributed by atoms with Crippen LogP contribution in [0.25, 0.3) is 10.9 Å². The van der Waals surface area contributed by atoms with Gasteiger partial charge in [0.1, 0.15) is 18.1 Å². The molecule has 1 saturated heterocycles. The van der Waals surface area contributed by atoms with Crippen LogP contribution in [0.3, 0.4) is 0 Å². The van der Waals surface area contributed by atoms with Crippen LogP contribution in [0.15, 0.2) is 42.5 Å². The van der Waals surface area contributed by atoms with Gasteiger partial charge in [-0.1, -0.05) is 0 Å². The normalized spacial score (nSPS) is 16.1. The minimum Gasteiger partial charge on any atom is -0.491 e. The fourth-order valence-electron chi connectivity index (χ4n) is 3.49. The number of nitrogens with one attached hydrogen (secondary N) is 2. The first-order valence-corrected chi connectivity index (χ1v) is 9.52. The van der Waals surface area contributed by atoms with Gasteiger partial charge in [0.15, 0.2) is 0 Å². The lowest BCUT2D eigenvalue weighted by atomic mass is 10.1. The molecule has 1 fully saturated rings. The Labute approximate surface area is 167 Å². The van der Waals surface area contributed by atoms with Gasteiger partial charge in [-0.15, -0.1) is 0 Å². The van der Waals surface area contributed by atoms with Crippen molar-refractivity contribution < 1.29 is 24.2 Å². The zero-order valence-electron chi connectivity index (χ0n) is 16.0. The summed E-state index contributed by atoms with van der Waals surface area (Å²) in [7, 11) is 0. The molecule has 1 atom stereocenters. The van der Waals surface area contributed by atoms with Gasteiger partial charge >= 0.3 is 5.97 Å². The van der Waals surface area contributed by atoms with Crippen LogP contribution in [0.2, 0.25) is 0 Å². The van der Waals surface area contributed by atoms with Crippen molar-refractivity contribution in [3.05, 3.63) is 59.3 Å². The first-order chi connectivity index (χ1) is 14.0. The lowest BCUT2D eigenvalue weighted by Crippen LogP contribution is -2.16. The lowest BCUT2D eigenvalue weighted by molar-refractivity contribution is 0.0679. The van der Waals surface area contributed by atoms with Crippen molar-refractivity contribution in [1.29, 1.82) is 0 Å².